The van der Waals surface area contributed by atoms with Gasteiger partial charge in [0.1, 0.15) is 5.69 Å². The van der Waals surface area contributed by atoms with Crippen LogP contribution in [0.3, 0.4) is 0 Å². The van der Waals surface area contributed by atoms with Crippen LogP contribution in [0.1, 0.15) is 42.3 Å². The van der Waals surface area contributed by atoms with Crippen LogP contribution in [0.2, 0.25) is 5.02 Å². The third-order valence-electron chi connectivity index (χ3n) is 5.25. The number of anilines is 1. The Balaban J connectivity index is 1.95. The maximum Gasteiger partial charge on any atom is 0.417 e. The SMILES string of the molecule is CC(=O)Nc1c(C(=O)N2CCCCC2)oc2nc(-c3ccc(Cl)cc3)cc(C(F)(F)F)c12. The van der Waals surface area contributed by atoms with E-state index in [2.05, 4.69) is 10.3 Å². The first-order valence-electron chi connectivity index (χ1n) is 10.0. The number of fused-ring (bicyclic) bond motifs is 1. The van der Waals surface area contributed by atoms with Crippen molar-refractivity contribution in [3.05, 3.63) is 46.7 Å². The van der Waals surface area contributed by atoms with E-state index in [0.717, 1.165) is 32.3 Å². The molecular weight excluding hydrogens is 447 g/mol. The Hall–Kier alpha value is -3.07. The molecule has 1 aromatic carbocycles. The van der Waals surface area contributed by atoms with Gasteiger partial charge in [0.2, 0.25) is 17.4 Å². The number of rotatable bonds is 3. The van der Waals surface area contributed by atoms with Gasteiger partial charge in [-0.05, 0) is 37.5 Å². The van der Waals surface area contributed by atoms with Gasteiger partial charge >= 0.3 is 6.18 Å². The first-order chi connectivity index (χ1) is 15.1. The fraction of sp³-hybridized carbons (Fsp3) is 0.318. The number of furan rings is 1. The van der Waals surface area contributed by atoms with Crippen LogP contribution < -0.4 is 5.32 Å². The standard InChI is InChI=1S/C22H19ClF3N3O3/c1-12(30)27-18-17-15(22(24,25)26)11-16(13-5-7-14(23)8-6-13)28-20(17)32-19(18)21(31)29-9-3-2-4-10-29/h5-8,11H,2-4,9-10H2,1H3,(H,27,30). The van der Waals surface area contributed by atoms with Gasteiger partial charge in [-0.2, -0.15) is 13.2 Å². The minimum atomic E-state index is -4.79. The molecule has 1 aliphatic heterocycles. The van der Waals surface area contributed by atoms with Crippen molar-refractivity contribution in [2.75, 3.05) is 18.4 Å². The minimum Gasteiger partial charge on any atom is -0.430 e. The molecule has 0 unspecified atom stereocenters. The molecule has 4 rings (SSSR count). The second-order valence-electron chi connectivity index (χ2n) is 7.58. The molecule has 0 saturated carbocycles. The number of hydrogen-bond acceptors (Lipinski definition) is 4. The summed E-state index contributed by atoms with van der Waals surface area (Å²) in [7, 11) is 0. The van der Waals surface area contributed by atoms with Crippen molar-refractivity contribution in [1.82, 2.24) is 9.88 Å². The molecule has 1 saturated heterocycles. The lowest BCUT2D eigenvalue weighted by Gasteiger charge is -2.26. The first-order valence-corrected chi connectivity index (χ1v) is 10.4. The van der Waals surface area contributed by atoms with Crippen LogP contribution in [0, 0.1) is 0 Å². The number of amides is 2. The van der Waals surface area contributed by atoms with Gasteiger partial charge in [0.15, 0.2) is 0 Å². The van der Waals surface area contributed by atoms with Crippen molar-refractivity contribution >= 4 is 40.2 Å². The van der Waals surface area contributed by atoms with Crippen LogP contribution in [0.25, 0.3) is 22.4 Å². The molecule has 168 valence electrons. The predicted molar refractivity (Wildman–Crippen MR) is 114 cm³/mol. The Kier molecular flexibility index (Phi) is 5.85. The molecule has 0 spiro atoms. The number of likely N-dealkylation sites (tertiary alicyclic amines) is 1. The van der Waals surface area contributed by atoms with Crippen molar-refractivity contribution in [3.8, 4) is 11.3 Å². The molecule has 1 fully saturated rings. The Morgan fingerprint density at radius 3 is 2.38 bits per heavy atom. The van der Waals surface area contributed by atoms with Gasteiger partial charge in [0.25, 0.3) is 5.91 Å². The van der Waals surface area contributed by atoms with Crippen molar-refractivity contribution in [3.63, 3.8) is 0 Å². The number of carbonyl (C=O) groups excluding carboxylic acids is 2. The Labute approximate surface area is 186 Å². The average Bonchev–Trinajstić information content (AvgIpc) is 3.10. The number of hydrogen-bond donors (Lipinski definition) is 1. The molecule has 3 heterocycles. The zero-order chi connectivity index (χ0) is 23.0. The third-order valence-corrected chi connectivity index (χ3v) is 5.50. The maximum absolute atomic E-state index is 14.1. The average molecular weight is 466 g/mol. The van der Waals surface area contributed by atoms with Gasteiger partial charge in [0.05, 0.1) is 16.6 Å². The van der Waals surface area contributed by atoms with E-state index in [9.17, 15) is 22.8 Å². The zero-order valence-corrected chi connectivity index (χ0v) is 17.8. The molecule has 0 aliphatic carbocycles. The summed E-state index contributed by atoms with van der Waals surface area (Å²) in [5, 5.41) is 2.33. The van der Waals surface area contributed by atoms with Crippen LogP contribution in [-0.4, -0.2) is 34.8 Å². The Bertz CT molecular complexity index is 1180. The van der Waals surface area contributed by atoms with Gasteiger partial charge in [-0.3, -0.25) is 9.59 Å². The molecule has 6 nitrogen and oxygen atoms in total. The topological polar surface area (TPSA) is 75.4 Å². The summed E-state index contributed by atoms with van der Waals surface area (Å²) in [5.74, 6) is -1.56. The van der Waals surface area contributed by atoms with E-state index < -0.39 is 28.9 Å². The number of aromatic nitrogens is 1. The summed E-state index contributed by atoms with van der Waals surface area (Å²) in [4.78, 5) is 30.6. The molecule has 32 heavy (non-hydrogen) atoms. The lowest BCUT2D eigenvalue weighted by molar-refractivity contribution is -0.136. The van der Waals surface area contributed by atoms with Gasteiger partial charge in [-0.25, -0.2) is 4.98 Å². The van der Waals surface area contributed by atoms with Gasteiger partial charge in [-0.15, -0.1) is 0 Å². The normalized spacial score (nSPS) is 14.6. The third kappa shape index (κ3) is 4.29. The van der Waals surface area contributed by atoms with Crippen LogP contribution >= 0.6 is 11.6 Å². The van der Waals surface area contributed by atoms with E-state index in [1.54, 1.807) is 0 Å². The van der Waals surface area contributed by atoms with Crippen LogP contribution in [0.4, 0.5) is 18.9 Å². The van der Waals surface area contributed by atoms with Crippen molar-refractivity contribution in [2.45, 2.75) is 32.4 Å². The molecule has 3 aromatic rings. The monoisotopic (exact) mass is 465 g/mol. The summed E-state index contributed by atoms with van der Waals surface area (Å²) in [5.41, 5.74) is -1.36. The first kappa shape index (κ1) is 22.1. The highest BCUT2D eigenvalue weighted by Gasteiger charge is 2.38. The van der Waals surface area contributed by atoms with E-state index in [-0.39, 0.29) is 22.9 Å². The highest BCUT2D eigenvalue weighted by atomic mass is 35.5. The molecule has 1 aliphatic rings. The fourth-order valence-corrected chi connectivity index (χ4v) is 3.90. The van der Waals surface area contributed by atoms with Crippen molar-refractivity contribution in [1.29, 1.82) is 0 Å². The lowest BCUT2D eigenvalue weighted by atomic mass is 10.0. The minimum absolute atomic E-state index is 0.00147. The van der Waals surface area contributed by atoms with Crippen LogP contribution in [-0.2, 0) is 11.0 Å². The van der Waals surface area contributed by atoms with Crippen molar-refractivity contribution in [2.24, 2.45) is 0 Å². The molecule has 2 amide bonds. The fourth-order valence-electron chi connectivity index (χ4n) is 3.78. The Morgan fingerprint density at radius 2 is 1.78 bits per heavy atom. The predicted octanol–water partition coefficient (Wildman–Crippen LogP) is 5.75. The highest BCUT2D eigenvalue weighted by molar-refractivity contribution is 6.30. The van der Waals surface area contributed by atoms with E-state index in [1.807, 2.05) is 0 Å². The molecule has 10 heteroatoms. The van der Waals surface area contributed by atoms with Gasteiger partial charge in [-0.1, -0.05) is 23.7 Å². The smallest absolute Gasteiger partial charge is 0.417 e. The second-order valence-corrected chi connectivity index (χ2v) is 8.02. The van der Waals surface area contributed by atoms with E-state index in [0.29, 0.717) is 23.7 Å². The summed E-state index contributed by atoms with van der Waals surface area (Å²) >= 11 is 5.88. The number of pyridine rings is 1. The number of alkyl halides is 3. The lowest BCUT2D eigenvalue weighted by Crippen LogP contribution is -2.35. The summed E-state index contributed by atoms with van der Waals surface area (Å²) in [6, 6.07) is 7.02. The van der Waals surface area contributed by atoms with E-state index in [1.165, 1.54) is 29.2 Å². The Morgan fingerprint density at radius 1 is 1.12 bits per heavy atom. The number of benzene rings is 1. The van der Waals surface area contributed by atoms with E-state index >= 15 is 0 Å². The van der Waals surface area contributed by atoms with Crippen LogP contribution in [0.15, 0.2) is 34.7 Å². The van der Waals surface area contributed by atoms with Gasteiger partial charge in [0, 0.05) is 30.6 Å². The largest absolute Gasteiger partial charge is 0.430 e. The molecule has 0 atom stereocenters. The summed E-state index contributed by atoms with van der Waals surface area (Å²) in [6.45, 7) is 2.08. The quantitative estimate of drug-likeness (QED) is 0.534. The second kappa shape index (κ2) is 8.46. The summed E-state index contributed by atoms with van der Waals surface area (Å²) in [6.07, 6.45) is -2.25. The number of piperidine rings is 1. The number of halogens is 4. The summed E-state index contributed by atoms with van der Waals surface area (Å²) < 4.78 is 47.8. The molecule has 1 N–H and O–H groups in total. The highest BCUT2D eigenvalue weighted by Crippen LogP contribution is 2.43. The number of nitrogens with zero attached hydrogens (tertiary/aromatic N) is 2. The number of carbonyl (C=O) groups is 2. The van der Waals surface area contributed by atoms with Gasteiger partial charge < -0.3 is 14.6 Å². The maximum atomic E-state index is 14.1. The van der Waals surface area contributed by atoms with Crippen molar-refractivity contribution < 1.29 is 27.2 Å². The zero-order valence-electron chi connectivity index (χ0n) is 17.1. The molecule has 2 aromatic heterocycles. The van der Waals surface area contributed by atoms with E-state index in [4.69, 9.17) is 16.0 Å². The molecule has 0 bridgehead atoms. The number of nitrogens with one attached hydrogen (secondary N) is 1. The molecule has 0 radical (unpaired) electrons. The molecular formula is C22H19ClF3N3O3. The van der Waals surface area contributed by atoms with Crippen LogP contribution in [0.5, 0.6) is 0 Å².